The Morgan fingerprint density at radius 1 is 1.41 bits per heavy atom. The fourth-order valence-corrected chi connectivity index (χ4v) is 1.97. The normalized spacial score (nSPS) is 12.6. The Labute approximate surface area is 101 Å². The molecule has 2 aromatic rings. The lowest BCUT2D eigenvalue weighted by Crippen LogP contribution is -2.02. The van der Waals surface area contributed by atoms with Crippen molar-refractivity contribution in [3.63, 3.8) is 0 Å². The molecular formula is C14H17NO2. The van der Waals surface area contributed by atoms with Gasteiger partial charge in [0, 0.05) is 24.5 Å². The first-order chi connectivity index (χ1) is 8.13. The Balaban J connectivity index is 2.58. The Morgan fingerprint density at radius 2 is 2.12 bits per heavy atom. The summed E-state index contributed by atoms with van der Waals surface area (Å²) < 4.78 is 7.40. The second-order valence-electron chi connectivity index (χ2n) is 4.27. The molecule has 0 N–H and O–H groups in total. The van der Waals surface area contributed by atoms with Crippen molar-refractivity contribution in [3.05, 3.63) is 30.5 Å². The largest absolute Gasteiger partial charge is 0.424 e. The van der Waals surface area contributed by atoms with E-state index in [0.29, 0.717) is 11.8 Å². The minimum Gasteiger partial charge on any atom is -0.424 e. The summed E-state index contributed by atoms with van der Waals surface area (Å²) in [7, 11) is 0. The number of benzene rings is 1. The van der Waals surface area contributed by atoms with Crippen LogP contribution in [0, 0.1) is 0 Å². The van der Waals surface area contributed by atoms with E-state index in [2.05, 4.69) is 24.5 Å². The molecule has 0 aliphatic rings. The molecule has 3 heteroatoms. The van der Waals surface area contributed by atoms with Gasteiger partial charge in [0.1, 0.15) is 0 Å². The van der Waals surface area contributed by atoms with Crippen LogP contribution < -0.4 is 4.74 Å². The fraction of sp³-hybridized carbons (Fsp3) is 0.357. The smallest absolute Gasteiger partial charge is 0.308 e. The van der Waals surface area contributed by atoms with Crippen LogP contribution >= 0.6 is 0 Å². The number of carbonyl (C=O) groups excluding carboxylic acids is 1. The van der Waals surface area contributed by atoms with Crippen LogP contribution in [0.15, 0.2) is 30.5 Å². The quantitative estimate of drug-likeness (QED) is 0.756. The van der Waals surface area contributed by atoms with E-state index in [1.165, 1.54) is 6.92 Å². The van der Waals surface area contributed by atoms with Gasteiger partial charge in [-0.2, -0.15) is 0 Å². The zero-order valence-electron chi connectivity index (χ0n) is 10.4. The number of rotatable bonds is 3. The van der Waals surface area contributed by atoms with E-state index in [9.17, 15) is 4.79 Å². The molecule has 0 aliphatic heterocycles. The first kappa shape index (κ1) is 11.7. The molecule has 0 fully saturated rings. The van der Waals surface area contributed by atoms with E-state index >= 15 is 0 Å². The van der Waals surface area contributed by atoms with Crippen molar-refractivity contribution in [1.82, 2.24) is 4.57 Å². The zero-order valence-corrected chi connectivity index (χ0v) is 10.4. The van der Waals surface area contributed by atoms with Gasteiger partial charge in [-0.15, -0.1) is 0 Å². The maximum Gasteiger partial charge on any atom is 0.308 e. The molecule has 0 aliphatic carbocycles. The minimum atomic E-state index is -0.281. The van der Waals surface area contributed by atoms with Crippen molar-refractivity contribution in [2.45, 2.75) is 33.2 Å². The molecular weight excluding hydrogens is 214 g/mol. The van der Waals surface area contributed by atoms with Gasteiger partial charge in [0.25, 0.3) is 0 Å². The second-order valence-corrected chi connectivity index (χ2v) is 4.27. The van der Waals surface area contributed by atoms with Gasteiger partial charge in [-0.3, -0.25) is 4.79 Å². The number of hydrogen-bond donors (Lipinski definition) is 0. The Bertz CT molecular complexity index is 542. The predicted molar refractivity (Wildman–Crippen MR) is 68.2 cm³/mol. The summed E-state index contributed by atoms with van der Waals surface area (Å²) in [6, 6.07) is 8.37. The van der Waals surface area contributed by atoms with Crippen molar-refractivity contribution >= 4 is 16.9 Å². The Morgan fingerprint density at radius 3 is 2.76 bits per heavy atom. The van der Waals surface area contributed by atoms with Crippen LogP contribution in [0.25, 0.3) is 10.9 Å². The Hall–Kier alpha value is -1.77. The van der Waals surface area contributed by atoms with E-state index in [4.69, 9.17) is 4.74 Å². The zero-order chi connectivity index (χ0) is 12.4. The average Bonchev–Trinajstić information content (AvgIpc) is 2.67. The molecule has 3 nitrogen and oxygen atoms in total. The molecule has 0 spiro atoms. The lowest BCUT2D eigenvalue weighted by Gasteiger charge is -2.11. The molecule has 1 aromatic carbocycles. The Kier molecular flexibility index (Phi) is 3.18. The maximum absolute atomic E-state index is 11.1. The molecule has 1 aromatic heterocycles. The van der Waals surface area contributed by atoms with Crippen LogP contribution in [0.1, 0.15) is 33.2 Å². The minimum absolute atomic E-state index is 0.281. The summed E-state index contributed by atoms with van der Waals surface area (Å²) in [5.41, 5.74) is 1.11. The lowest BCUT2D eigenvalue weighted by molar-refractivity contribution is -0.131. The van der Waals surface area contributed by atoms with Gasteiger partial charge >= 0.3 is 5.97 Å². The molecule has 0 saturated carbocycles. The van der Waals surface area contributed by atoms with Gasteiger partial charge in [-0.25, -0.2) is 0 Å². The predicted octanol–water partition coefficient (Wildman–Crippen LogP) is 3.54. The van der Waals surface area contributed by atoms with Crippen molar-refractivity contribution in [3.8, 4) is 5.75 Å². The van der Waals surface area contributed by atoms with Gasteiger partial charge in [0.15, 0.2) is 5.75 Å². The molecule has 0 bridgehead atoms. The lowest BCUT2D eigenvalue weighted by atomic mass is 10.2. The van der Waals surface area contributed by atoms with E-state index in [1.54, 1.807) is 0 Å². The highest BCUT2D eigenvalue weighted by atomic mass is 16.5. The van der Waals surface area contributed by atoms with Crippen LogP contribution in [-0.4, -0.2) is 10.5 Å². The third-order valence-corrected chi connectivity index (χ3v) is 3.02. The van der Waals surface area contributed by atoms with Gasteiger partial charge < -0.3 is 9.30 Å². The number of aromatic nitrogens is 1. The number of esters is 1. The highest BCUT2D eigenvalue weighted by molar-refractivity contribution is 5.89. The van der Waals surface area contributed by atoms with E-state index in [0.717, 1.165) is 17.3 Å². The molecule has 0 saturated heterocycles. The van der Waals surface area contributed by atoms with Crippen LogP contribution in [0.3, 0.4) is 0 Å². The number of hydrogen-bond acceptors (Lipinski definition) is 2. The summed E-state index contributed by atoms with van der Waals surface area (Å²) in [6.45, 7) is 5.73. The molecule has 1 heterocycles. The number of nitrogens with zero attached hydrogens (tertiary/aromatic N) is 1. The van der Waals surface area contributed by atoms with Crippen molar-refractivity contribution in [2.24, 2.45) is 0 Å². The standard InChI is InChI=1S/C14H17NO2/c1-4-10(2)15-9-14(17-11(3)16)12-7-5-6-8-13(12)15/h5-10H,4H2,1-3H3. The van der Waals surface area contributed by atoms with Crippen LogP contribution in [0.2, 0.25) is 0 Å². The maximum atomic E-state index is 11.1. The summed E-state index contributed by atoms with van der Waals surface area (Å²) in [5, 5.41) is 0.989. The van der Waals surface area contributed by atoms with Gasteiger partial charge in [-0.05, 0) is 25.5 Å². The highest BCUT2D eigenvalue weighted by Crippen LogP contribution is 2.31. The molecule has 90 valence electrons. The topological polar surface area (TPSA) is 31.2 Å². The summed E-state index contributed by atoms with van der Waals surface area (Å²) in [5.74, 6) is 0.366. The molecule has 2 rings (SSSR count). The third kappa shape index (κ3) is 2.18. The van der Waals surface area contributed by atoms with Gasteiger partial charge in [-0.1, -0.05) is 19.1 Å². The summed E-state index contributed by atoms with van der Waals surface area (Å²) in [6.07, 6.45) is 2.96. The molecule has 17 heavy (non-hydrogen) atoms. The molecule has 0 amide bonds. The molecule has 1 unspecified atom stereocenters. The van der Waals surface area contributed by atoms with Gasteiger partial charge in [0.05, 0.1) is 5.52 Å². The first-order valence-electron chi connectivity index (χ1n) is 5.91. The highest BCUT2D eigenvalue weighted by Gasteiger charge is 2.13. The average molecular weight is 231 g/mol. The SMILES string of the molecule is CCC(C)n1cc(OC(C)=O)c2ccccc21. The van der Waals surface area contributed by atoms with E-state index in [1.807, 2.05) is 24.4 Å². The van der Waals surface area contributed by atoms with Crippen LogP contribution in [0.5, 0.6) is 5.75 Å². The van der Waals surface area contributed by atoms with Crippen molar-refractivity contribution < 1.29 is 9.53 Å². The monoisotopic (exact) mass is 231 g/mol. The van der Waals surface area contributed by atoms with E-state index < -0.39 is 0 Å². The molecule has 1 atom stereocenters. The van der Waals surface area contributed by atoms with E-state index in [-0.39, 0.29) is 5.97 Å². The van der Waals surface area contributed by atoms with Crippen molar-refractivity contribution in [2.75, 3.05) is 0 Å². The van der Waals surface area contributed by atoms with Crippen LogP contribution in [-0.2, 0) is 4.79 Å². The fourth-order valence-electron chi connectivity index (χ4n) is 1.97. The third-order valence-electron chi connectivity index (χ3n) is 3.02. The molecule has 0 radical (unpaired) electrons. The van der Waals surface area contributed by atoms with Gasteiger partial charge in [0.2, 0.25) is 0 Å². The number of para-hydroxylation sites is 1. The van der Waals surface area contributed by atoms with Crippen molar-refractivity contribution in [1.29, 1.82) is 0 Å². The summed E-state index contributed by atoms with van der Waals surface area (Å²) >= 11 is 0. The summed E-state index contributed by atoms with van der Waals surface area (Å²) in [4.78, 5) is 11.1. The van der Waals surface area contributed by atoms with Crippen LogP contribution in [0.4, 0.5) is 0 Å². The number of ether oxygens (including phenoxy) is 1. The first-order valence-corrected chi connectivity index (χ1v) is 5.91. The number of fused-ring (bicyclic) bond motifs is 1. The second kappa shape index (κ2) is 4.62. The number of carbonyl (C=O) groups is 1.